The molecule has 2 amide bonds. The molecule has 38 heavy (non-hydrogen) atoms. The van der Waals surface area contributed by atoms with Crippen LogP contribution in [0.4, 0.5) is 5.69 Å². The first kappa shape index (κ1) is 25.9. The summed E-state index contributed by atoms with van der Waals surface area (Å²) in [6, 6.07) is 20.1. The summed E-state index contributed by atoms with van der Waals surface area (Å²) in [6.07, 6.45) is 0. The van der Waals surface area contributed by atoms with Crippen LogP contribution < -0.4 is 14.5 Å². The van der Waals surface area contributed by atoms with Crippen LogP contribution in [0.2, 0.25) is 5.02 Å². The van der Waals surface area contributed by atoms with Crippen LogP contribution in [0.5, 0.6) is 5.75 Å². The van der Waals surface area contributed by atoms with Crippen LogP contribution in [0, 0.1) is 5.92 Å². The average Bonchev–Trinajstić information content (AvgIpc) is 3.39. The zero-order chi connectivity index (χ0) is 26.6. The molecule has 0 unspecified atom stereocenters. The molecule has 2 aliphatic rings. The number of hydrogen-bond donors (Lipinski definition) is 1. The number of carbonyl (C=O) groups is 2. The molecule has 3 aromatic carbocycles. The average molecular weight is 693 g/mol. The molecule has 6 nitrogen and oxygen atoms in total. The van der Waals surface area contributed by atoms with Crippen LogP contribution in [0.1, 0.15) is 21.9 Å². The summed E-state index contributed by atoms with van der Waals surface area (Å²) >= 11 is 15.3. The number of thioether (sulfide) groups is 1. The summed E-state index contributed by atoms with van der Waals surface area (Å²) in [7, 11) is 0. The fourth-order valence-electron chi connectivity index (χ4n) is 4.83. The topological polar surface area (TPSA) is 79.5 Å². The van der Waals surface area contributed by atoms with Gasteiger partial charge < -0.3 is 9.72 Å². The molecule has 6 rings (SSSR count). The maximum Gasteiger partial charge on any atom is 0.305 e. The molecule has 2 aliphatic heterocycles. The predicted octanol–water partition coefficient (Wildman–Crippen LogP) is 6.99. The van der Waals surface area contributed by atoms with Gasteiger partial charge in [0.25, 0.3) is 0 Å². The molecule has 11 heteroatoms. The van der Waals surface area contributed by atoms with Crippen molar-refractivity contribution in [2.24, 2.45) is 5.92 Å². The number of nitrogens with zero attached hydrogens (tertiary/aromatic N) is 1. The second kappa shape index (κ2) is 10.3. The third-order valence-electron chi connectivity index (χ3n) is 6.52. The van der Waals surface area contributed by atoms with Crippen LogP contribution in [0.3, 0.4) is 0 Å². The van der Waals surface area contributed by atoms with Crippen molar-refractivity contribution in [2.75, 3.05) is 4.90 Å². The van der Waals surface area contributed by atoms with E-state index in [-0.39, 0.29) is 23.3 Å². The lowest BCUT2D eigenvalue weighted by Gasteiger charge is -2.31. The fraction of sp³-hybridized carbons (Fsp3) is 0.148. The van der Waals surface area contributed by atoms with Gasteiger partial charge >= 0.3 is 4.87 Å². The van der Waals surface area contributed by atoms with E-state index in [4.69, 9.17) is 16.3 Å². The summed E-state index contributed by atoms with van der Waals surface area (Å²) in [6.45, 7) is 0.287. The number of rotatable bonds is 5. The zero-order valence-electron chi connectivity index (χ0n) is 19.3. The second-order valence-corrected chi connectivity index (χ2v) is 13.3. The smallest absolute Gasteiger partial charge is 0.305 e. The Morgan fingerprint density at radius 2 is 1.63 bits per heavy atom. The van der Waals surface area contributed by atoms with Gasteiger partial charge in [-0.05, 0) is 60.2 Å². The third kappa shape index (κ3) is 4.66. The Kier molecular flexibility index (Phi) is 7.02. The maximum atomic E-state index is 14.0. The molecule has 0 aliphatic carbocycles. The van der Waals surface area contributed by atoms with Gasteiger partial charge in [-0.25, -0.2) is 4.90 Å². The van der Waals surface area contributed by atoms with Crippen LogP contribution in [-0.4, -0.2) is 22.0 Å². The molecule has 192 valence electrons. The van der Waals surface area contributed by atoms with Gasteiger partial charge in [-0.15, -0.1) is 0 Å². The molecule has 3 heterocycles. The number of aromatic nitrogens is 1. The van der Waals surface area contributed by atoms with Gasteiger partial charge in [0, 0.05) is 30.3 Å². The van der Waals surface area contributed by atoms with Gasteiger partial charge in [-0.2, -0.15) is 0 Å². The lowest BCUT2D eigenvalue weighted by molar-refractivity contribution is -0.122. The quantitative estimate of drug-likeness (QED) is 0.228. The van der Waals surface area contributed by atoms with Gasteiger partial charge in [-0.1, -0.05) is 78.7 Å². The van der Waals surface area contributed by atoms with Gasteiger partial charge in [0.05, 0.1) is 16.6 Å². The number of ether oxygens (including phenoxy) is 1. The molecular formula is C27H17Br2ClN2O4S2. The molecule has 0 saturated carbocycles. The molecule has 1 fully saturated rings. The van der Waals surface area contributed by atoms with E-state index in [2.05, 4.69) is 36.8 Å². The highest BCUT2D eigenvalue weighted by Gasteiger charge is 2.56. The first-order valence-corrected chi connectivity index (χ1v) is 15.2. The molecular weight excluding hydrogens is 676 g/mol. The van der Waals surface area contributed by atoms with Crippen molar-refractivity contribution in [3.05, 3.63) is 106 Å². The van der Waals surface area contributed by atoms with Crippen LogP contribution in [0.25, 0.3) is 0 Å². The fourth-order valence-corrected chi connectivity index (χ4v) is 8.11. The largest absolute Gasteiger partial charge is 0.489 e. The van der Waals surface area contributed by atoms with E-state index in [1.807, 2.05) is 30.3 Å². The van der Waals surface area contributed by atoms with Crippen molar-refractivity contribution >= 4 is 84.1 Å². The van der Waals surface area contributed by atoms with Crippen molar-refractivity contribution in [1.82, 2.24) is 4.98 Å². The van der Waals surface area contributed by atoms with E-state index in [0.29, 0.717) is 21.5 Å². The Hall–Kier alpha value is -2.37. The summed E-state index contributed by atoms with van der Waals surface area (Å²) in [5.41, 5.74) is 2.18. The molecule has 4 aromatic rings. The number of H-pyrrole nitrogens is 1. The van der Waals surface area contributed by atoms with Gasteiger partial charge in [-0.3, -0.25) is 14.4 Å². The second-order valence-electron chi connectivity index (χ2n) is 8.84. The van der Waals surface area contributed by atoms with E-state index in [1.54, 1.807) is 36.4 Å². The van der Waals surface area contributed by atoms with E-state index in [9.17, 15) is 14.4 Å². The lowest BCUT2D eigenvalue weighted by atomic mass is 9.82. The van der Waals surface area contributed by atoms with Gasteiger partial charge in [0.15, 0.2) is 0 Å². The molecule has 1 aromatic heterocycles. The molecule has 0 bridgehead atoms. The van der Waals surface area contributed by atoms with Crippen molar-refractivity contribution in [1.29, 1.82) is 0 Å². The summed E-state index contributed by atoms with van der Waals surface area (Å²) < 4.78 is 7.91. The summed E-state index contributed by atoms with van der Waals surface area (Å²) in [4.78, 5) is 44.7. The normalized spacial score (nSPS) is 20.4. The number of halogens is 3. The van der Waals surface area contributed by atoms with Crippen molar-refractivity contribution in [2.45, 2.75) is 22.8 Å². The number of anilines is 1. The van der Waals surface area contributed by atoms with E-state index < -0.39 is 17.1 Å². The minimum absolute atomic E-state index is 0.226. The van der Waals surface area contributed by atoms with Gasteiger partial charge in [0.1, 0.15) is 17.6 Å². The SMILES string of the molecule is O=C1[C@H]2[C@H](c3cc(Br)ccc3OCc3ccc(Cl)cc3)c3sc(=O)[nH]c3S[C@H]2C(=O)N1c1ccc(Br)cc1. The molecule has 1 N–H and O–H groups in total. The van der Waals surface area contributed by atoms with Gasteiger partial charge in [0.2, 0.25) is 11.8 Å². The van der Waals surface area contributed by atoms with E-state index in [0.717, 1.165) is 36.3 Å². The molecule has 0 spiro atoms. The Morgan fingerprint density at radius 3 is 2.37 bits per heavy atom. The van der Waals surface area contributed by atoms with Crippen LogP contribution in [-0.2, 0) is 16.2 Å². The Balaban J connectivity index is 1.44. The zero-order valence-corrected chi connectivity index (χ0v) is 24.9. The van der Waals surface area contributed by atoms with E-state index >= 15 is 0 Å². The molecule has 3 atom stereocenters. The summed E-state index contributed by atoms with van der Waals surface area (Å²) in [5.74, 6) is -1.27. The number of imide groups is 1. The predicted molar refractivity (Wildman–Crippen MR) is 156 cm³/mol. The number of hydrogen-bond acceptors (Lipinski definition) is 6. The minimum atomic E-state index is -0.706. The number of amides is 2. The van der Waals surface area contributed by atoms with Crippen molar-refractivity contribution < 1.29 is 14.3 Å². The number of nitrogens with one attached hydrogen (secondary N) is 1. The van der Waals surface area contributed by atoms with Crippen LogP contribution in [0.15, 0.2) is 85.5 Å². The Labute approximate surface area is 247 Å². The molecule has 0 radical (unpaired) electrons. The van der Waals surface area contributed by atoms with E-state index in [1.165, 1.54) is 16.7 Å². The maximum absolute atomic E-state index is 14.0. The number of thiazole rings is 1. The Morgan fingerprint density at radius 1 is 0.921 bits per heavy atom. The molecule has 1 saturated heterocycles. The summed E-state index contributed by atoms with van der Waals surface area (Å²) in [5, 5.41) is 0.573. The number of benzene rings is 3. The van der Waals surface area contributed by atoms with Crippen molar-refractivity contribution in [3.63, 3.8) is 0 Å². The Bertz CT molecular complexity index is 1620. The number of aromatic amines is 1. The van der Waals surface area contributed by atoms with Crippen LogP contribution >= 0.6 is 66.6 Å². The number of fused-ring (bicyclic) bond motifs is 2. The standard InChI is InChI=1S/C27H17Br2ClN2O4S2/c28-14-3-8-17(9-4-14)32-25(33)21-20(22-24(31-27(35)38-22)37-23(21)26(32)34)18-11-15(29)5-10-19(18)36-12-13-1-6-16(30)7-2-13/h1-11,20-21,23H,12H2,(H,31,35)/t20-,21-,23+/m0/s1. The first-order valence-electron chi connectivity index (χ1n) is 11.5. The highest BCUT2D eigenvalue weighted by Crippen LogP contribution is 2.54. The highest BCUT2D eigenvalue weighted by atomic mass is 79.9. The number of carbonyl (C=O) groups excluding carboxylic acids is 2. The highest BCUT2D eigenvalue weighted by molar-refractivity contribution is 9.10. The third-order valence-corrected chi connectivity index (χ3v) is 10.2. The lowest BCUT2D eigenvalue weighted by Crippen LogP contribution is -2.32. The van der Waals surface area contributed by atoms with Crippen molar-refractivity contribution in [3.8, 4) is 5.75 Å². The first-order chi connectivity index (χ1) is 18.3. The monoisotopic (exact) mass is 690 g/mol. The minimum Gasteiger partial charge on any atom is -0.489 e.